The molecule has 0 saturated carbocycles. The van der Waals surface area contributed by atoms with E-state index in [0.717, 1.165) is 32.2 Å². The van der Waals surface area contributed by atoms with Gasteiger partial charge in [0.25, 0.3) is 0 Å². The molecule has 0 aromatic carbocycles. The van der Waals surface area contributed by atoms with Crippen molar-refractivity contribution in [1.29, 1.82) is 0 Å². The Hall–Kier alpha value is -1.26. The van der Waals surface area contributed by atoms with Crippen LogP contribution in [0.1, 0.15) is 39.0 Å². The zero-order valence-electron chi connectivity index (χ0n) is 15.8. The van der Waals surface area contributed by atoms with E-state index in [1.54, 1.807) is 0 Å². The van der Waals surface area contributed by atoms with E-state index in [-0.39, 0.29) is 42.7 Å². The summed E-state index contributed by atoms with van der Waals surface area (Å²) in [6.45, 7) is 4.33. The topological polar surface area (TPSA) is 98.0 Å². The van der Waals surface area contributed by atoms with Crippen LogP contribution in [0.2, 0.25) is 0 Å². The van der Waals surface area contributed by atoms with E-state index in [2.05, 4.69) is 33.1 Å². The van der Waals surface area contributed by atoms with Gasteiger partial charge in [0.05, 0.1) is 12.3 Å². The lowest BCUT2D eigenvalue weighted by molar-refractivity contribution is -0.136. The van der Waals surface area contributed by atoms with Crippen molar-refractivity contribution >= 4 is 11.8 Å². The number of ketones is 1. The number of piperidine rings is 2. The van der Waals surface area contributed by atoms with Crippen molar-refractivity contribution in [2.24, 2.45) is 5.92 Å². The van der Waals surface area contributed by atoms with Crippen LogP contribution in [0.4, 0.5) is 4.79 Å². The smallest absolute Gasteiger partial charge is 0.320 e. The van der Waals surface area contributed by atoms with Crippen molar-refractivity contribution in [1.82, 2.24) is 31.1 Å². The van der Waals surface area contributed by atoms with Crippen LogP contribution in [0.15, 0.2) is 0 Å². The molecule has 5 heterocycles. The van der Waals surface area contributed by atoms with Crippen molar-refractivity contribution in [2.75, 3.05) is 19.8 Å². The second kappa shape index (κ2) is 6.97. The molecule has 27 heavy (non-hydrogen) atoms. The second-order valence-corrected chi connectivity index (χ2v) is 8.46. The predicted molar refractivity (Wildman–Crippen MR) is 97.3 cm³/mol. The van der Waals surface area contributed by atoms with Crippen LogP contribution < -0.4 is 21.3 Å². The Morgan fingerprint density at radius 1 is 1.15 bits per heavy atom. The molecule has 5 aliphatic heterocycles. The number of nitrogens with zero attached hydrogens (tertiary/aromatic N) is 2. The maximum atomic E-state index is 12.8. The minimum Gasteiger partial charge on any atom is -0.361 e. The Morgan fingerprint density at radius 3 is 2.93 bits per heavy atom. The molecule has 2 bridgehead atoms. The first-order chi connectivity index (χ1) is 13.1. The van der Waals surface area contributed by atoms with Gasteiger partial charge < -0.3 is 10.1 Å². The molecule has 9 heteroatoms. The normalized spacial score (nSPS) is 45.5. The number of ether oxygens (including phenoxy) is 1. The zero-order valence-corrected chi connectivity index (χ0v) is 15.8. The number of urea groups is 1. The molecule has 5 rings (SSSR count). The summed E-state index contributed by atoms with van der Waals surface area (Å²) in [4.78, 5) is 29.7. The summed E-state index contributed by atoms with van der Waals surface area (Å²) < 4.78 is 6.17. The molecule has 6 unspecified atom stereocenters. The van der Waals surface area contributed by atoms with E-state index >= 15 is 0 Å². The molecule has 5 fully saturated rings. The number of hydrogen-bond donors (Lipinski definition) is 4. The van der Waals surface area contributed by atoms with Crippen LogP contribution in [0.5, 0.6) is 0 Å². The minimum absolute atomic E-state index is 0.0233. The monoisotopic (exact) mass is 378 g/mol. The molecule has 0 radical (unpaired) electrons. The van der Waals surface area contributed by atoms with Gasteiger partial charge in [-0.15, -0.1) is 0 Å². The summed E-state index contributed by atoms with van der Waals surface area (Å²) in [6.07, 6.45) is 3.91. The molecule has 0 aromatic rings. The van der Waals surface area contributed by atoms with Gasteiger partial charge in [-0.2, -0.15) is 0 Å². The molecule has 5 saturated heterocycles. The first-order valence-corrected chi connectivity index (χ1v) is 10.4. The second-order valence-electron chi connectivity index (χ2n) is 8.46. The summed E-state index contributed by atoms with van der Waals surface area (Å²) in [6, 6.07) is 0.214. The van der Waals surface area contributed by atoms with Gasteiger partial charge >= 0.3 is 6.03 Å². The van der Waals surface area contributed by atoms with Crippen molar-refractivity contribution in [3.63, 3.8) is 0 Å². The molecule has 0 aliphatic carbocycles. The van der Waals surface area contributed by atoms with Gasteiger partial charge in [0.1, 0.15) is 24.2 Å². The molecular weight excluding hydrogens is 348 g/mol. The van der Waals surface area contributed by atoms with Crippen molar-refractivity contribution < 1.29 is 14.3 Å². The Labute approximate surface area is 159 Å². The van der Waals surface area contributed by atoms with Gasteiger partial charge in [0, 0.05) is 38.2 Å². The third kappa shape index (κ3) is 2.96. The number of fused-ring (bicyclic) bond motifs is 2. The molecule has 9 nitrogen and oxygen atoms in total. The van der Waals surface area contributed by atoms with Crippen molar-refractivity contribution in [3.05, 3.63) is 0 Å². The highest BCUT2D eigenvalue weighted by molar-refractivity contribution is 5.83. The molecule has 2 amide bonds. The number of rotatable bonds is 0. The molecule has 4 N–H and O–H groups in total. The molecule has 0 aromatic heterocycles. The quantitative estimate of drug-likeness (QED) is 0.443. The Balaban J connectivity index is 1.47. The van der Waals surface area contributed by atoms with E-state index in [1.165, 1.54) is 0 Å². The Morgan fingerprint density at radius 2 is 2.04 bits per heavy atom. The van der Waals surface area contributed by atoms with E-state index in [4.69, 9.17) is 4.74 Å². The highest BCUT2D eigenvalue weighted by atomic mass is 16.5. The maximum absolute atomic E-state index is 12.8. The number of hydrogen-bond acceptors (Lipinski definition) is 7. The Kier molecular flexibility index (Phi) is 4.60. The third-order valence-electron chi connectivity index (χ3n) is 6.96. The Bertz CT molecular complexity index is 618. The summed E-state index contributed by atoms with van der Waals surface area (Å²) in [5.74, 6) is 0.406. The standard InChI is InChI=1S/C18H30N6O3/c1-10-3-2-8-27-17-14-15(19-9-20-17)22-18(26)24(14)13-5-4-11-12(25)6-7-23(10)16(11)21-13/h10-11,13-17,19-21H,2-9H2,1H3,(H,22,26)/t10-,11?,13?,14?,15?,16?,17?/m0/s1. The molecular formula is C18H30N6O3. The van der Waals surface area contributed by atoms with Crippen LogP contribution in [-0.4, -0.2) is 78.2 Å². The van der Waals surface area contributed by atoms with Gasteiger partial charge in [-0.3, -0.25) is 30.5 Å². The molecule has 0 spiro atoms. The lowest BCUT2D eigenvalue weighted by atomic mass is 9.83. The summed E-state index contributed by atoms with van der Waals surface area (Å²) in [5, 5.41) is 13.4. The maximum Gasteiger partial charge on any atom is 0.320 e. The fourth-order valence-electron chi connectivity index (χ4n) is 5.57. The summed E-state index contributed by atoms with van der Waals surface area (Å²) in [7, 11) is 0. The van der Waals surface area contributed by atoms with Crippen LogP contribution in [-0.2, 0) is 9.53 Å². The van der Waals surface area contributed by atoms with Gasteiger partial charge in [-0.05, 0) is 32.6 Å². The largest absolute Gasteiger partial charge is 0.361 e. The minimum atomic E-state index is -0.187. The third-order valence-corrected chi connectivity index (χ3v) is 6.96. The SMILES string of the molecule is C[C@H]1CCCOC2NCNC3NC(=O)N(C4CCC5C(=O)CCN1C5N4)C32. The average Bonchev–Trinajstić information content (AvgIpc) is 3.00. The van der Waals surface area contributed by atoms with E-state index in [9.17, 15) is 9.59 Å². The van der Waals surface area contributed by atoms with Crippen LogP contribution in [0.25, 0.3) is 0 Å². The number of carbonyl (C=O) groups is 2. The van der Waals surface area contributed by atoms with Gasteiger partial charge in [-0.25, -0.2) is 4.79 Å². The highest BCUT2D eigenvalue weighted by Crippen LogP contribution is 2.34. The fourth-order valence-corrected chi connectivity index (χ4v) is 5.57. The average molecular weight is 378 g/mol. The van der Waals surface area contributed by atoms with Crippen LogP contribution >= 0.6 is 0 Å². The van der Waals surface area contributed by atoms with Crippen molar-refractivity contribution in [3.8, 4) is 0 Å². The predicted octanol–water partition coefficient (Wildman–Crippen LogP) is -0.692. The molecule has 150 valence electrons. The van der Waals surface area contributed by atoms with Gasteiger partial charge in [0.2, 0.25) is 0 Å². The van der Waals surface area contributed by atoms with Crippen LogP contribution in [0.3, 0.4) is 0 Å². The summed E-state index contributed by atoms with van der Waals surface area (Å²) >= 11 is 0. The number of nitrogens with one attached hydrogen (secondary N) is 4. The number of Topliss-reactive ketones (excluding diaryl/α,β-unsaturated/α-hetero) is 1. The zero-order chi connectivity index (χ0) is 18.5. The van der Waals surface area contributed by atoms with Crippen molar-refractivity contribution in [2.45, 2.75) is 75.8 Å². The van der Waals surface area contributed by atoms with E-state index < -0.39 is 0 Å². The van der Waals surface area contributed by atoms with Crippen LogP contribution in [0, 0.1) is 5.92 Å². The highest BCUT2D eigenvalue weighted by Gasteiger charge is 2.52. The van der Waals surface area contributed by atoms with Gasteiger partial charge in [-0.1, -0.05) is 0 Å². The number of carbonyl (C=O) groups excluding carboxylic acids is 2. The lowest BCUT2D eigenvalue weighted by Gasteiger charge is -2.51. The molecule has 5 aliphatic rings. The first-order valence-electron chi connectivity index (χ1n) is 10.4. The lowest BCUT2D eigenvalue weighted by Crippen LogP contribution is -2.71. The number of amides is 2. The molecule has 7 atom stereocenters. The van der Waals surface area contributed by atoms with Gasteiger partial charge in [0.15, 0.2) is 0 Å². The fraction of sp³-hybridized carbons (Fsp3) is 0.889. The first kappa shape index (κ1) is 17.8. The van der Waals surface area contributed by atoms with E-state index in [1.807, 2.05) is 4.90 Å². The van der Waals surface area contributed by atoms with E-state index in [0.29, 0.717) is 31.5 Å². The summed E-state index contributed by atoms with van der Waals surface area (Å²) in [5.41, 5.74) is 0.